The molecule has 2 aromatic rings. The Labute approximate surface area is 167 Å². The van der Waals surface area contributed by atoms with Gasteiger partial charge in [-0.3, -0.25) is 9.98 Å². The Balaban J connectivity index is 0.00000261. The van der Waals surface area contributed by atoms with E-state index in [1.807, 2.05) is 24.3 Å². The highest BCUT2D eigenvalue weighted by atomic mass is 35.5. The van der Waals surface area contributed by atoms with E-state index in [2.05, 4.69) is 44.1 Å². The van der Waals surface area contributed by atoms with Crippen LogP contribution >= 0.6 is 12.4 Å². The number of nitrogens with zero attached hydrogens (tertiary/aromatic N) is 4. The number of rotatable bonds is 4. The van der Waals surface area contributed by atoms with Crippen LogP contribution in [0.15, 0.2) is 58.5 Å². The van der Waals surface area contributed by atoms with Crippen molar-refractivity contribution in [3.8, 4) is 0 Å². The number of benzene rings is 2. The fourth-order valence-electron chi connectivity index (χ4n) is 3.17. The third-order valence-corrected chi connectivity index (χ3v) is 4.82. The average molecular weight is 387 g/mol. The average Bonchev–Trinajstić information content (AvgIpc) is 2.73. The van der Waals surface area contributed by atoms with Gasteiger partial charge in [-0.25, -0.2) is 0 Å². The molecule has 0 aromatic heterocycles. The molecule has 2 aromatic carbocycles. The summed E-state index contributed by atoms with van der Waals surface area (Å²) in [5.41, 5.74) is 16.1. The molecule has 0 radical (unpaired) electrons. The first-order chi connectivity index (χ1) is 12.6. The van der Waals surface area contributed by atoms with Crippen LogP contribution in [0.1, 0.15) is 11.1 Å². The van der Waals surface area contributed by atoms with Gasteiger partial charge in [-0.15, -0.1) is 12.4 Å². The molecule has 6 nitrogen and oxygen atoms in total. The minimum absolute atomic E-state index is 0. The van der Waals surface area contributed by atoms with Crippen molar-refractivity contribution in [2.75, 3.05) is 50.1 Å². The van der Waals surface area contributed by atoms with Crippen molar-refractivity contribution in [2.24, 2.45) is 21.5 Å². The summed E-state index contributed by atoms with van der Waals surface area (Å²) in [5, 5.41) is 0. The Morgan fingerprint density at radius 2 is 0.963 bits per heavy atom. The molecule has 7 heteroatoms. The van der Waals surface area contributed by atoms with Gasteiger partial charge in [0.1, 0.15) is 11.7 Å². The maximum Gasteiger partial charge on any atom is 0.125 e. The summed E-state index contributed by atoms with van der Waals surface area (Å²) in [6, 6.07) is 16.6. The Hall–Kier alpha value is -2.73. The monoisotopic (exact) mass is 386 g/mol. The number of halogens is 1. The number of aliphatic imine (C=N–C) groups is 2. The van der Waals surface area contributed by atoms with Gasteiger partial charge in [0.2, 0.25) is 0 Å². The largest absolute Gasteiger partial charge is 0.384 e. The molecule has 0 spiro atoms. The minimum atomic E-state index is 0. The van der Waals surface area contributed by atoms with Crippen LogP contribution in [-0.2, 0) is 0 Å². The first kappa shape index (κ1) is 20.6. The van der Waals surface area contributed by atoms with Gasteiger partial charge < -0.3 is 21.3 Å². The molecular formula is C20H27ClN6. The van der Waals surface area contributed by atoms with Gasteiger partial charge in [0.25, 0.3) is 0 Å². The topological polar surface area (TPSA) is 83.2 Å². The van der Waals surface area contributed by atoms with E-state index >= 15 is 0 Å². The Morgan fingerprint density at radius 3 is 1.22 bits per heavy atom. The Kier molecular flexibility index (Phi) is 7.07. The van der Waals surface area contributed by atoms with E-state index in [-0.39, 0.29) is 12.4 Å². The minimum Gasteiger partial charge on any atom is -0.384 e. The van der Waals surface area contributed by atoms with Crippen LogP contribution in [0.25, 0.3) is 0 Å². The lowest BCUT2D eigenvalue weighted by Gasteiger charge is -2.37. The van der Waals surface area contributed by atoms with Crippen molar-refractivity contribution < 1.29 is 0 Å². The van der Waals surface area contributed by atoms with Gasteiger partial charge in [0, 0.05) is 62.8 Å². The molecule has 27 heavy (non-hydrogen) atoms. The number of amidine groups is 2. The number of piperazine rings is 1. The maximum atomic E-state index is 5.86. The molecule has 1 fully saturated rings. The lowest BCUT2D eigenvalue weighted by molar-refractivity contribution is 0.653. The zero-order chi connectivity index (χ0) is 18.5. The second-order valence-electron chi connectivity index (χ2n) is 6.29. The number of anilines is 2. The molecule has 0 amide bonds. The number of nitrogens with two attached hydrogens (primary N) is 2. The van der Waals surface area contributed by atoms with E-state index in [0.717, 1.165) is 37.3 Å². The third-order valence-electron chi connectivity index (χ3n) is 4.82. The quantitative estimate of drug-likeness (QED) is 0.622. The fraction of sp³-hybridized carbons (Fsp3) is 0.300. The van der Waals surface area contributed by atoms with E-state index in [0.29, 0.717) is 11.7 Å². The summed E-state index contributed by atoms with van der Waals surface area (Å²) in [4.78, 5) is 12.8. The Bertz CT molecular complexity index is 721. The lowest BCUT2D eigenvalue weighted by Crippen LogP contribution is -2.46. The molecular weight excluding hydrogens is 360 g/mol. The van der Waals surface area contributed by atoms with Crippen LogP contribution in [0.4, 0.5) is 11.4 Å². The van der Waals surface area contributed by atoms with Gasteiger partial charge in [0.15, 0.2) is 0 Å². The molecule has 0 unspecified atom stereocenters. The van der Waals surface area contributed by atoms with Crippen molar-refractivity contribution >= 4 is 35.5 Å². The predicted octanol–water partition coefficient (Wildman–Crippen LogP) is 2.11. The van der Waals surface area contributed by atoms with Gasteiger partial charge in [-0.2, -0.15) is 0 Å². The van der Waals surface area contributed by atoms with E-state index in [1.165, 1.54) is 11.4 Å². The van der Waals surface area contributed by atoms with E-state index in [1.54, 1.807) is 14.1 Å². The number of hydrogen-bond donors (Lipinski definition) is 2. The molecule has 1 saturated heterocycles. The van der Waals surface area contributed by atoms with Gasteiger partial charge in [-0.05, 0) is 48.5 Å². The second kappa shape index (κ2) is 9.28. The Morgan fingerprint density at radius 1 is 0.667 bits per heavy atom. The normalized spacial score (nSPS) is 15.5. The van der Waals surface area contributed by atoms with Gasteiger partial charge in [-0.1, -0.05) is 0 Å². The van der Waals surface area contributed by atoms with E-state index in [9.17, 15) is 0 Å². The first-order valence-corrected chi connectivity index (χ1v) is 8.77. The van der Waals surface area contributed by atoms with Crippen LogP contribution < -0.4 is 21.3 Å². The molecule has 3 rings (SSSR count). The summed E-state index contributed by atoms with van der Waals surface area (Å²) < 4.78 is 0. The van der Waals surface area contributed by atoms with Crippen molar-refractivity contribution in [3.63, 3.8) is 0 Å². The van der Waals surface area contributed by atoms with E-state index in [4.69, 9.17) is 11.5 Å². The molecule has 0 atom stereocenters. The molecule has 1 heterocycles. The predicted molar refractivity (Wildman–Crippen MR) is 118 cm³/mol. The summed E-state index contributed by atoms with van der Waals surface area (Å²) in [6.07, 6.45) is 0. The van der Waals surface area contributed by atoms with Crippen molar-refractivity contribution in [3.05, 3.63) is 59.7 Å². The fourth-order valence-corrected chi connectivity index (χ4v) is 3.17. The zero-order valence-corrected chi connectivity index (χ0v) is 16.6. The summed E-state index contributed by atoms with van der Waals surface area (Å²) in [6.45, 7) is 3.93. The SMILES string of the molecule is CN=C(N)c1ccc(N2CCN(c3ccc(C(N)=NC)cc3)CC2)cc1.Cl. The zero-order valence-electron chi connectivity index (χ0n) is 15.8. The maximum absolute atomic E-state index is 5.86. The highest BCUT2D eigenvalue weighted by molar-refractivity contribution is 5.98. The van der Waals surface area contributed by atoms with Crippen molar-refractivity contribution in [1.82, 2.24) is 0 Å². The number of hydrogen-bond acceptors (Lipinski definition) is 4. The van der Waals surface area contributed by atoms with Gasteiger partial charge >= 0.3 is 0 Å². The van der Waals surface area contributed by atoms with Crippen molar-refractivity contribution in [2.45, 2.75) is 0 Å². The molecule has 1 aliphatic heterocycles. The summed E-state index contributed by atoms with van der Waals surface area (Å²) in [5.74, 6) is 1.14. The molecule has 4 N–H and O–H groups in total. The third kappa shape index (κ3) is 4.71. The van der Waals surface area contributed by atoms with Crippen LogP contribution in [-0.4, -0.2) is 51.9 Å². The molecule has 0 bridgehead atoms. The first-order valence-electron chi connectivity index (χ1n) is 8.77. The van der Waals surface area contributed by atoms with Crippen molar-refractivity contribution in [1.29, 1.82) is 0 Å². The highest BCUT2D eigenvalue weighted by Crippen LogP contribution is 2.21. The smallest absolute Gasteiger partial charge is 0.125 e. The van der Waals surface area contributed by atoms with Crippen LogP contribution in [0.5, 0.6) is 0 Å². The standard InChI is InChI=1S/C20H26N6.ClH/c1-23-19(21)15-3-7-17(8-4-15)25-11-13-26(14-12-25)18-9-5-16(6-10-18)20(22)24-2;/h3-10H,11-14H2,1-2H3,(H2,21,23)(H2,22,24);1H. The molecule has 144 valence electrons. The summed E-state index contributed by atoms with van der Waals surface area (Å²) >= 11 is 0. The molecule has 0 saturated carbocycles. The lowest BCUT2D eigenvalue weighted by atomic mass is 10.1. The van der Waals surface area contributed by atoms with Crippen LogP contribution in [0, 0.1) is 0 Å². The summed E-state index contributed by atoms with van der Waals surface area (Å²) in [7, 11) is 3.41. The molecule has 1 aliphatic rings. The molecule has 0 aliphatic carbocycles. The second-order valence-corrected chi connectivity index (χ2v) is 6.29. The van der Waals surface area contributed by atoms with Gasteiger partial charge in [0.05, 0.1) is 0 Å². The van der Waals surface area contributed by atoms with Crippen LogP contribution in [0.2, 0.25) is 0 Å². The highest BCUT2D eigenvalue weighted by Gasteiger charge is 2.17. The van der Waals surface area contributed by atoms with Crippen LogP contribution in [0.3, 0.4) is 0 Å². The van der Waals surface area contributed by atoms with E-state index < -0.39 is 0 Å².